The van der Waals surface area contributed by atoms with Crippen LogP contribution in [0.15, 0.2) is 18.2 Å². The Labute approximate surface area is 109 Å². The van der Waals surface area contributed by atoms with E-state index in [1.165, 1.54) is 0 Å². The SMILES string of the molecule is COc1cccc(CNCC(O)C(C)C)c1OC. The highest BCUT2D eigenvalue weighted by Gasteiger charge is 2.11. The van der Waals surface area contributed by atoms with Gasteiger partial charge >= 0.3 is 0 Å². The highest BCUT2D eigenvalue weighted by molar-refractivity contribution is 5.46. The second-order valence-corrected chi connectivity index (χ2v) is 4.59. The molecule has 0 saturated carbocycles. The number of ether oxygens (including phenoxy) is 2. The fourth-order valence-corrected chi connectivity index (χ4v) is 1.68. The van der Waals surface area contributed by atoms with Crippen molar-refractivity contribution in [3.63, 3.8) is 0 Å². The molecule has 1 atom stereocenters. The van der Waals surface area contributed by atoms with Gasteiger partial charge in [-0.25, -0.2) is 0 Å². The Balaban J connectivity index is 2.62. The molecule has 18 heavy (non-hydrogen) atoms. The van der Waals surface area contributed by atoms with E-state index in [0.717, 1.165) is 17.1 Å². The quantitative estimate of drug-likeness (QED) is 0.778. The summed E-state index contributed by atoms with van der Waals surface area (Å²) in [5, 5.41) is 12.9. The molecule has 4 nitrogen and oxygen atoms in total. The Morgan fingerprint density at radius 2 is 1.94 bits per heavy atom. The number of hydrogen-bond donors (Lipinski definition) is 2. The first-order valence-electron chi connectivity index (χ1n) is 6.18. The maximum Gasteiger partial charge on any atom is 0.165 e. The first kappa shape index (κ1) is 14.8. The van der Waals surface area contributed by atoms with Crippen molar-refractivity contribution in [2.24, 2.45) is 5.92 Å². The molecule has 102 valence electrons. The zero-order valence-corrected chi connectivity index (χ0v) is 11.6. The number of rotatable bonds is 7. The number of methoxy groups -OCH3 is 2. The third-order valence-electron chi connectivity index (χ3n) is 2.92. The molecule has 0 amide bonds. The van der Waals surface area contributed by atoms with E-state index in [4.69, 9.17) is 9.47 Å². The maximum atomic E-state index is 9.71. The molecule has 0 aromatic heterocycles. The van der Waals surface area contributed by atoms with Crippen LogP contribution < -0.4 is 14.8 Å². The van der Waals surface area contributed by atoms with Crippen molar-refractivity contribution in [2.75, 3.05) is 20.8 Å². The molecule has 1 aromatic rings. The maximum absolute atomic E-state index is 9.71. The van der Waals surface area contributed by atoms with Gasteiger partial charge in [-0.1, -0.05) is 26.0 Å². The molecule has 1 aromatic carbocycles. The summed E-state index contributed by atoms with van der Waals surface area (Å²) in [6, 6.07) is 5.78. The van der Waals surface area contributed by atoms with Gasteiger partial charge in [0.15, 0.2) is 11.5 Å². The van der Waals surface area contributed by atoms with E-state index in [1.54, 1.807) is 14.2 Å². The van der Waals surface area contributed by atoms with E-state index < -0.39 is 0 Å². The Kier molecular flexibility index (Phi) is 5.95. The molecule has 0 heterocycles. The summed E-state index contributed by atoms with van der Waals surface area (Å²) in [5.41, 5.74) is 1.02. The lowest BCUT2D eigenvalue weighted by molar-refractivity contribution is 0.123. The van der Waals surface area contributed by atoms with Crippen LogP contribution in [0.4, 0.5) is 0 Å². The zero-order chi connectivity index (χ0) is 13.5. The molecule has 1 rings (SSSR count). The highest BCUT2D eigenvalue weighted by atomic mass is 16.5. The van der Waals surface area contributed by atoms with Gasteiger partial charge in [0, 0.05) is 18.7 Å². The summed E-state index contributed by atoms with van der Waals surface area (Å²) in [6.45, 7) is 5.21. The molecule has 0 bridgehead atoms. The fraction of sp³-hybridized carbons (Fsp3) is 0.571. The van der Waals surface area contributed by atoms with Gasteiger partial charge < -0.3 is 19.9 Å². The lowest BCUT2D eigenvalue weighted by Gasteiger charge is -2.16. The zero-order valence-electron chi connectivity index (χ0n) is 11.6. The Bertz CT molecular complexity index is 366. The lowest BCUT2D eigenvalue weighted by atomic mass is 10.1. The van der Waals surface area contributed by atoms with E-state index in [2.05, 4.69) is 5.32 Å². The number of nitrogens with one attached hydrogen (secondary N) is 1. The normalized spacial score (nSPS) is 12.6. The molecule has 0 aliphatic heterocycles. The first-order chi connectivity index (χ1) is 8.60. The topological polar surface area (TPSA) is 50.7 Å². The van der Waals surface area contributed by atoms with Crippen molar-refractivity contribution in [2.45, 2.75) is 26.5 Å². The van der Waals surface area contributed by atoms with Crippen LogP contribution in [0.2, 0.25) is 0 Å². The van der Waals surface area contributed by atoms with Crippen LogP contribution in [-0.2, 0) is 6.54 Å². The molecule has 2 N–H and O–H groups in total. The van der Waals surface area contributed by atoms with Crippen LogP contribution in [0.5, 0.6) is 11.5 Å². The smallest absolute Gasteiger partial charge is 0.165 e. The summed E-state index contributed by atoms with van der Waals surface area (Å²) < 4.78 is 10.6. The molecule has 0 spiro atoms. The van der Waals surface area contributed by atoms with Gasteiger partial charge in [-0.3, -0.25) is 0 Å². The molecular formula is C14H23NO3. The molecule has 0 fully saturated rings. The molecule has 0 aliphatic carbocycles. The third kappa shape index (κ3) is 3.89. The van der Waals surface area contributed by atoms with E-state index in [0.29, 0.717) is 13.1 Å². The van der Waals surface area contributed by atoms with Crippen LogP contribution in [0.1, 0.15) is 19.4 Å². The van der Waals surface area contributed by atoms with Crippen molar-refractivity contribution < 1.29 is 14.6 Å². The van der Waals surface area contributed by atoms with Crippen molar-refractivity contribution in [1.82, 2.24) is 5.32 Å². The monoisotopic (exact) mass is 253 g/mol. The van der Waals surface area contributed by atoms with Gasteiger partial charge in [0.05, 0.1) is 20.3 Å². The van der Waals surface area contributed by atoms with Gasteiger partial charge in [0.25, 0.3) is 0 Å². The fourth-order valence-electron chi connectivity index (χ4n) is 1.68. The van der Waals surface area contributed by atoms with Gasteiger partial charge in [0.1, 0.15) is 0 Å². The average Bonchev–Trinajstić information content (AvgIpc) is 2.37. The molecule has 4 heteroatoms. The molecule has 0 saturated heterocycles. The van der Waals surface area contributed by atoms with E-state index in [1.807, 2.05) is 32.0 Å². The van der Waals surface area contributed by atoms with Crippen LogP contribution >= 0.6 is 0 Å². The van der Waals surface area contributed by atoms with Gasteiger partial charge in [-0.05, 0) is 12.0 Å². The summed E-state index contributed by atoms with van der Waals surface area (Å²) in [7, 11) is 3.25. The molecule has 0 aliphatic rings. The third-order valence-corrected chi connectivity index (χ3v) is 2.92. The van der Waals surface area contributed by atoms with Crippen molar-refractivity contribution in [3.05, 3.63) is 23.8 Å². The van der Waals surface area contributed by atoms with Gasteiger partial charge in [0.2, 0.25) is 0 Å². The predicted molar refractivity (Wildman–Crippen MR) is 72.1 cm³/mol. The minimum absolute atomic E-state index is 0.254. The highest BCUT2D eigenvalue weighted by Crippen LogP contribution is 2.30. The minimum Gasteiger partial charge on any atom is -0.493 e. The Morgan fingerprint density at radius 3 is 2.50 bits per heavy atom. The van der Waals surface area contributed by atoms with Crippen molar-refractivity contribution in [1.29, 1.82) is 0 Å². The second-order valence-electron chi connectivity index (χ2n) is 4.59. The van der Waals surface area contributed by atoms with Crippen LogP contribution in [0.25, 0.3) is 0 Å². The predicted octanol–water partition coefficient (Wildman–Crippen LogP) is 1.81. The Hall–Kier alpha value is -1.26. The average molecular weight is 253 g/mol. The standard InChI is InChI=1S/C14H23NO3/c1-10(2)12(16)9-15-8-11-6-5-7-13(17-3)14(11)18-4/h5-7,10,12,15-16H,8-9H2,1-4H3. The number of para-hydroxylation sites is 1. The van der Waals surface area contributed by atoms with E-state index >= 15 is 0 Å². The first-order valence-corrected chi connectivity index (χ1v) is 6.18. The Morgan fingerprint density at radius 1 is 1.22 bits per heavy atom. The summed E-state index contributed by atoms with van der Waals surface area (Å²) >= 11 is 0. The van der Waals surface area contributed by atoms with Crippen LogP contribution in [0.3, 0.4) is 0 Å². The lowest BCUT2D eigenvalue weighted by Crippen LogP contribution is -2.30. The van der Waals surface area contributed by atoms with Crippen LogP contribution in [-0.4, -0.2) is 32.0 Å². The van der Waals surface area contributed by atoms with E-state index in [9.17, 15) is 5.11 Å². The summed E-state index contributed by atoms with van der Waals surface area (Å²) in [5.74, 6) is 1.72. The molecule has 1 unspecified atom stereocenters. The van der Waals surface area contributed by atoms with Gasteiger partial charge in [-0.2, -0.15) is 0 Å². The van der Waals surface area contributed by atoms with Crippen molar-refractivity contribution >= 4 is 0 Å². The largest absolute Gasteiger partial charge is 0.493 e. The number of hydrogen-bond acceptors (Lipinski definition) is 4. The van der Waals surface area contributed by atoms with Gasteiger partial charge in [-0.15, -0.1) is 0 Å². The summed E-state index contributed by atoms with van der Waals surface area (Å²) in [6.07, 6.45) is -0.332. The number of benzene rings is 1. The molecular weight excluding hydrogens is 230 g/mol. The van der Waals surface area contributed by atoms with E-state index in [-0.39, 0.29) is 12.0 Å². The number of aliphatic hydroxyl groups is 1. The number of aliphatic hydroxyl groups excluding tert-OH is 1. The van der Waals surface area contributed by atoms with Crippen LogP contribution in [0, 0.1) is 5.92 Å². The second kappa shape index (κ2) is 7.24. The molecule has 0 radical (unpaired) electrons. The minimum atomic E-state index is -0.332. The summed E-state index contributed by atoms with van der Waals surface area (Å²) in [4.78, 5) is 0. The van der Waals surface area contributed by atoms with Crippen molar-refractivity contribution in [3.8, 4) is 11.5 Å².